The number of carbonyl (C=O) groups excluding carboxylic acids is 4. The van der Waals surface area contributed by atoms with E-state index in [4.69, 9.17) is 37.0 Å². The van der Waals surface area contributed by atoms with Crippen molar-refractivity contribution in [1.29, 1.82) is 0 Å². The first-order valence-electron chi connectivity index (χ1n) is 38.2. The molecule has 0 aromatic heterocycles. The molecule has 0 aliphatic heterocycles. The molecular weight excluding hydrogens is 1210 g/mol. The van der Waals surface area contributed by atoms with Gasteiger partial charge in [0.25, 0.3) is 0 Å². The van der Waals surface area contributed by atoms with Crippen LogP contribution in [0.5, 0.6) is 0 Å². The zero-order chi connectivity index (χ0) is 67.7. The molecule has 546 valence electrons. The van der Waals surface area contributed by atoms with Gasteiger partial charge in [0, 0.05) is 25.7 Å². The van der Waals surface area contributed by atoms with Crippen molar-refractivity contribution in [3.05, 3.63) is 0 Å². The minimum atomic E-state index is -4.95. The lowest BCUT2D eigenvalue weighted by Crippen LogP contribution is -2.30. The molecule has 19 heteroatoms. The van der Waals surface area contributed by atoms with E-state index in [1.165, 1.54) is 205 Å². The van der Waals surface area contributed by atoms with Gasteiger partial charge < -0.3 is 33.8 Å². The molecular formula is C73H142O17P2. The van der Waals surface area contributed by atoms with Gasteiger partial charge in [-0.15, -0.1) is 0 Å². The van der Waals surface area contributed by atoms with E-state index >= 15 is 0 Å². The average Bonchev–Trinajstić information content (AvgIpc) is 3.02. The van der Waals surface area contributed by atoms with Crippen molar-refractivity contribution in [3.8, 4) is 0 Å². The Morgan fingerprint density at radius 3 is 0.772 bits per heavy atom. The van der Waals surface area contributed by atoms with Crippen molar-refractivity contribution in [2.75, 3.05) is 39.6 Å². The number of aliphatic hydroxyl groups excluding tert-OH is 1. The van der Waals surface area contributed by atoms with Crippen LogP contribution < -0.4 is 0 Å². The van der Waals surface area contributed by atoms with Gasteiger partial charge >= 0.3 is 39.5 Å². The van der Waals surface area contributed by atoms with Gasteiger partial charge in [0.1, 0.15) is 19.3 Å². The average molecular weight is 1350 g/mol. The van der Waals surface area contributed by atoms with Crippen LogP contribution >= 0.6 is 15.6 Å². The molecule has 0 rings (SSSR count). The minimum absolute atomic E-state index is 0.108. The maximum atomic E-state index is 13.1. The van der Waals surface area contributed by atoms with Gasteiger partial charge in [-0.2, -0.15) is 0 Å². The highest BCUT2D eigenvalue weighted by atomic mass is 31.2. The lowest BCUT2D eigenvalue weighted by molar-refractivity contribution is -0.161. The number of hydrogen-bond donors (Lipinski definition) is 3. The summed E-state index contributed by atoms with van der Waals surface area (Å²) in [5.74, 6) is -1.27. The second-order valence-electron chi connectivity index (χ2n) is 26.6. The van der Waals surface area contributed by atoms with Gasteiger partial charge in [0.15, 0.2) is 12.2 Å². The Morgan fingerprint density at radius 2 is 0.522 bits per heavy atom. The molecule has 0 spiro atoms. The lowest BCUT2D eigenvalue weighted by Gasteiger charge is -2.21. The van der Waals surface area contributed by atoms with Crippen LogP contribution in [0.1, 0.15) is 381 Å². The van der Waals surface area contributed by atoms with Crippen LogP contribution in [-0.2, 0) is 65.4 Å². The van der Waals surface area contributed by atoms with E-state index in [9.17, 15) is 43.2 Å². The molecule has 0 saturated heterocycles. The van der Waals surface area contributed by atoms with Gasteiger partial charge in [-0.05, 0) is 31.6 Å². The summed E-state index contributed by atoms with van der Waals surface area (Å²) in [6.45, 7) is 7.32. The summed E-state index contributed by atoms with van der Waals surface area (Å²) in [6.07, 6.45) is 53.8. The SMILES string of the molecule is CCCCCCCCCCCCCCC(=O)OC[C@H](COP(=O)(O)OC[C@@H](O)COP(=O)(O)OC[C@@H](COC(=O)CCCCCCCCCCCC)OC(=O)CCCCCCCCCCCCCC)OC(=O)CCCCCCCCCCCCCCCCC(C)CC. The Kier molecular flexibility index (Phi) is 64.9. The van der Waals surface area contributed by atoms with Crippen molar-refractivity contribution in [3.63, 3.8) is 0 Å². The van der Waals surface area contributed by atoms with Gasteiger partial charge in [-0.3, -0.25) is 37.3 Å². The number of rotatable bonds is 73. The quantitative estimate of drug-likeness (QED) is 0.0222. The normalized spacial score (nSPS) is 14.3. The zero-order valence-electron chi connectivity index (χ0n) is 59.7. The summed E-state index contributed by atoms with van der Waals surface area (Å²) in [4.78, 5) is 72.6. The Labute approximate surface area is 562 Å². The number of phosphoric ester groups is 2. The molecule has 0 aliphatic carbocycles. The highest BCUT2D eigenvalue weighted by Crippen LogP contribution is 2.45. The zero-order valence-corrected chi connectivity index (χ0v) is 61.5. The number of phosphoric acid groups is 2. The van der Waals surface area contributed by atoms with Crippen LogP contribution in [0.2, 0.25) is 0 Å². The molecule has 17 nitrogen and oxygen atoms in total. The van der Waals surface area contributed by atoms with Crippen molar-refractivity contribution in [2.45, 2.75) is 400 Å². The summed E-state index contributed by atoms with van der Waals surface area (Å²) < 4.78 is 68.4. The molecule has 0 amide bonds. The van der Waals surface area contributed by atoms with Gasteiger partial charge in [-0.25, -0.2) is 9.13 Å². The van der Waals surface area contributed by atoms with E-state index in [0.717, 1.165) is 95.8 Å². The monoisotopic (exact) mass is 1350 g/mol. The molecule has 92 heavy (non-hydrogen) atoms. The molecule has 0 bridgehead atoms. The molecule has 0 radical (unpaired) electrons. The Bertz CT molecular complexity index is 1770. The third kappa shape index (κ3) is 65.4. The van der Waals surface area contributed by atoms with Gasteiger partial charge in [0.2, 0.25) is 0 Å². The smallest absolute Gasteiger partial charge is 0.462 e. The molecule has 0 saturated carbocycles. The second-order valence-corrected chi connectivity index (χ2v) is 29.5. The number of hydrogen-bond acceptors (Lipinski definition) is 15. The number of aliphatic hydroxyl groups is 1. The van der Waals surface area contributed by atoms with E-state index in [-0.39, 0.29) is 25.7 Å². The Balaban J connectivity index is 5.23. The number of esters is 4. The molecule has 3 unspecified atom stereocenters. The fourth-order valence-corrected chi connectivity index (χ4v) is 12.7. The maximum Gasteiger partial charge on any atom is 0.472 e. The van der Waals surface area contributed by atoms with Crippen LogP contribution in [0.4, 0.5) is 0 Å². The highest BCUT2D eigenvalue weighted by molar-refractivity contribution is 7.47. The standard InChI is InChI=1S/C73H142O17P2/c1-6-10-13-16-19-22-25-32-37-42-47-52-57-71(76)84-63-69(90-73(78)59-54-49-44-39-34-30-28-27-29-31-35-40-45-50-55-66(5)9-4)65-88-92(81,82)86-61-67(74)60-85-91(79,80)87-64-68(62-83-70(75)56-51-46-41-36-24-21-18-15-12-8-3)89-72(77)58-53-48-43-38-33-26-23-20-17-14-11-7-2/h66-69,74H,6-65H2,1-5H3,(H,79,80)(H,81,82)/t66?,67-,68+,69+/m0/s1. The first-order chi connectivity index (χ1) is 44.6. The van der Waals surface area contributed by atoms with E-state index < -0.39 is 97.5 Å². The van der Waals surface area contributed by atoms with Crippen LogP contribution in [0.15, 0.2) is 0 Å². The van der Waals surface area contributed by atoms with E-state index in [2.05, 4.69) is 34.6 Å². The molecule has 3 N–H and O–H groups in total. The summed E-state index contributed by atoms with van der Waals surface area (Å²) in [5.41, 5.74) is 0. The third-order valence-corrected chi connectivity index (χ3v) is 19.3. The summed E-state index contributed by atoms with van der Waals surface area (Å²) in [6, 6.07) is 0. The predicted molar refractivity (Wildman–Crippen MR) is 372 cm³/mol. The first kappa shape index (κ1) is 90.1. The van der Waals surface area contributed by atoms with E-state index in [0.29, 0.717) is 25.7 Å². The van der Waals surface area contributed by atoms with Crippen LogP contribution in [-0.4, -0.2) is 96.7 Å². The van der Waals surface area contributed by atoms with Crippen LogP contribution in [0.3, 0.4) is 0 Å². The molecule has 6 atom stereocenters. The number of unbranched alkanes of at least 4 members (excludes halogenated alkanes) is 44. The molecule has 0 fully saturated rings. The largest absolute Gasteiger partial charge is 0.472 e. The predicted octanol–water partition coefficient (Wildman–Crippen LogP) is 21.3. The Hall–Kier alpha value is -1.94. The van der Waals surface area contributed by atoms with Gasteiger partial charge in [-0.1, -0.05) is 330 Å². The number of ether oxygens (including phenoxy) is 4. The summed E-state index contributed by atoms with van der Waals surface area (Å²) >= 11 is 0. The fourth-order valence-electron chi connectivity index (χ4n) is 11.1. The maximum absolute atomic E-state index is 13.1. The summed E-state index contributed by atoms with van der Waals surface area (Å²) in [5, 5.41) is 10.6. The molecule has 0 aromatic carbocycles. The van der Waals surface area contributed by atoms with Crippen LogP contribution in [0, 0.1) is 5.92 Å². The van der Waals surface area contributed by atoms with Crippen molar-refractivity contribution >= 4 is 39.5 Å². The van der Waals surface area contributed by atoms with Crippen LogP contribution in [0.25, 0.3) is 0 Å². The molecule has 0 heterocycles. The molecule has 0 aliphatic rings. The third-order valence-electron chi connectivity index (χ3n) is 17.4. The van der Waals surface area contributed by atoms with Crippen molar-refractivity contribution in [2.24, 2.45) is 5.92 Å². The fraction of sp³-hybridized carbons (Fsp3) is 0.945. The topological polar surface area (TPSA) is 237 Å². The van der Waals surface area contributed by atoms with Gasteiger partial charge in [0.05, 0.1) is 26.4 Å². The minimum Gasteiger partial charge on any atom is -0.462 e. The summed E-state index contributed by atoms with van der Waals surface area (Å²) in [7, 11) is -9.90. The number of carbonyl (C=O) groups is 4. The molecule has 0 aromatic rings. The van der Waals surface area contributed by atoms with E-state index in [1.807, 2.05) is 0 Å². The second kappa shape index (κ2) is 66.3. The Morgan fingerprint density at radius 1 is 0.304 bits per heavy atom. The van der Waals surface area contributed by atoms with Crippen molar-refractivity contribution < 1.29 is 80.2 Å². The lowest BCUT2D eigenvalue weighted by atomic mass is 9.99. The van der Waals surface area contributed by atoms with E-state index in [1.54, 1.807) is 0 Å². The first-order valence-corrected chi connectivity index (χ1v) is 41.2. The van der Waals surface area contributed by atoms with Crippen molar-refractivity contribution in [1.82, 2.24) is 0 Å². The highest BCUT2D eigenvalue weighted by Gasteiger charge is 2.30.